The highest BCUT2D eigenvalue weighted by Gasteiger charge is 2.27. The quantitative estimate of drug-likeness (QED) is 0.533. The van der Waals surface area contributed by atoms with Gasteiger partial charge in [-0.1, -0.05) is 0 Å². The van der Waals surface area contributed by atoms with Crippen LogP contribution in [0.3, 0.4) is 0 Å². The summed E-state index contributed by atoms with van der Waals surface area (Å²) in [5, 5.41) is 9.69. The van der Waals surface area contributed by atoms with Crippen molar-refractivity contribution in [1.29, 1.82) is 5.26 Å². The summed E-state index contributed by atoms with van der Waals surface area (Å²) in [6.07, 6.45) is 6.21. The van der Waals surface area contributed by atoms with E-state index in [-0.39, 0.29) is 12.2 Å². The Labute approximate surface area is 199 Å². The Morgan fingerprint density at radius 2 is 1.88 bits per heavy atom. The standard InChI is InChI=1S/C26H27N5O3/c1-32-22-16-31(17-22)26-13-18(4-8-29-26)12-25-28-9-5-23(30-25)19-2-3-24(20(14-19)15-27)34-21-6-10-33-11-7-21/h2-5,8-9,13-14,21-22H,6-7,10-12,16-17H2,1H3. The smallest absolute Gasteiger partial charge is 0.137 e. The number of nitrogens with zero attached hydrogens (tertiary/aromatic N) is 5. The third-order valence-electron chi connectivity index (χ3n) is 6.24. The molecule has 0 bridgehead atoms. The van der Waals surface area contributed by atoms with Gasteiger partial charge < -0.3 is 19.1 Å². The Morgan fingerprint density at radius 1 is 1.06 bits per heavy atom. The highest BCUT2D eigenvalue weighted by molar-refractivity contribution is 5.64. The second-order valence-corrected chi connectivity index (χ2v) is 8.57. The molecule has 8 heteroatoms. The average molecular weight is 458 g/mol. The summed E-state index contributed by atoms with van der Waals surface area (Å²) in [5.74, 6) is 2.27. The molecule has 0 N–H and O–H groups in total. The van der Waals surface area contributed by atoms with Crippen LogP contribution in [-0.4, -0.2) is 60.6 Å². The molecule has 1 aromatic carbocycles. The van der Waals surface area contributed by atoms with Gasteiger partial charge in [0.05, 0.1) is 30.6 Å². The molecule has 8 nitrogen and oxygen atoms in total. The van der Waals surface area contributed by atoms with Crippen LogP contribution in [0.4, 0.5) is 5.82 Å². The maximum absolute atomic E-state index is 9.69. The van der Waals surface area contributed by atoms with Crippen LogP contribution in [0.15, 0.2) is 48.8 Å². The summed E-state index contributed by atoms with van der Waals surface area (Å²) in [6, 6.07) is 13.8. The van der Waals surface area contributed by atoms with Crippen molar-refractivity contribution in [3.63, 3.8) is 0 Å². The molecule has 0 saturated carbocycles. The van der Waals surface area contributed by atoms with E-state index in [0.717, 1.165) is 48.6 Å². The third-order valence-corrected chi connectivity index (χ3v) is 6.24. The van der Waals surface area contributed by atoms with Crippen molar-refractivity contribution in [2.75, 3.05) is 38.3 Å². The van der Waals surface area contributed by atoms with Crippen LogP contribution >= 0.6 is 0 Å². The molecule has 0 atom stereocenters. The maximum atomic E-state index is 9.69. The zero-order valence-corrected chi connectivity index (χ0v) is 19.2. The van der Waals surface area contributed by atoms with E-state index < -0.39 is 0 Å². The number of nitriles is 1. The average Bonchev–Trinajstić information content (AvgIpc) is 2.85. The first-order valence-electron chi connectivity index (χ1n) is 11.6. The molecule has 34 heavy (non-hydrogen) atoms. The minimum Gasteiger partial charge on any atom is -0.489 e. The van der Waals surface area contributed by atoms with Gasteiger partial charge in [-0.05, 0) is 42.0 Å². The van der Waals surface area contributed by atoms with Gasteiger partial charge in [0.1, 0.15) is 29.6 Å². The number of benzene rings is 1. The van der Waals surface area contributed by atoms with Crippen LogP contribution in [0, 0.1) is 11.3 Å². The Bertz CT molecular complexity index is 1180. The second kappa shape index (κ2) is 10.2. The largest absolute Gasteiger partial charge is 0.489 e. The number of pyridine rings is 1. The minimum absolute atomic E-state index is 0.0826. The van der Waals surface area contributed by atoms with E-state index >= 15 is 0 Å². The Morgan fingerprint density at radius 3 is 2.68 bits per heavy atom. The lowest BCUT2D eigenvalue weighted by molar-refractivity contribution is 0.0254. The molecule has 5 rings (SSSR count). The van der Waals surface area contributed by atoms with Crippen LogP contribution in [0.1, 0.15) is 29.8 Å². The Balaban J connectivity index is 1.31. The van der Waals surface area contributed by atoms with Crippen molar-refractivity contribution >= 4 is 5.82 Å². The molecule has 0 spiro atoms. The van der Waals surface area contributed by atoms with Gasteiger partial charge in [0.15, 0.2) is 0 Å². The van der Waals surface area contributed by atoms with Gasteiger partial charge in [0.2, 0.25) is 0 Å². The van der Waals surface area contributed by atoms with E-state index in [4.69, 9.17) is 19.2 Å². The minimum atomic E-state index is 0.0826. The Hall–Kier alpha value is -3.54. The van der Waals surface area contributed by atoms with Crippen LogP contribution < -0.4 is 9.64 Å². The molecular weight excluding hydrogens is 430 g/mol. The monoisotopic (exact) mass is 457 g/mol. The summed E-state index contributed by atoms with van der Waals surface area (Å²) in [5.41, 5.74) is 3.24. The van der Waals surface area contributed by atoms with Crippen molar-refractivity contribution < 1.29 is 14.2 Å². The van der Waals surface area contributed by atoms with E-state index in [2.05, 4.69) is 27.0 Å². The molecule has 4 heterocycles. The zero-order chi connectivity index (χ0) is 23.3. The van der Waals surface area contributed by atoms with Crippen molar-refractivity contribution in [2.45, 2.75) is 31.5 Å². The molecule has 2 aliphatic heterocycles. The number of hydrogen-bond acceptors (Lipinski definition) is 8. The summed E-state index contributed by atoms with van der Waals surface area (Å²) in [7, 11) is 1.74. The summed E-state index contributed by atoms with van der Waals surface area (Å²) in [4.78, 5) is 15.9. The molecule has 2 aliphatic rings. The highest BCUT2D eigenvalue weighted by atomic mass is 16.5. The first kappa shape index (κ1) is 22.3. The SMILES string of the molecule is COC1CN(c2cc(Cc3nccc(-c4ccc(OC5CCOCC5)c(C#N)c4)n3)ccn2)C1. The molecule has 174 valence electrons. The summed E-state index contributed by atoms with van der Waals surface area (Å²) in [6.45, 7) is 3.10. The highest BCUT2D eigenvalue weighted by Crippen LogP contribution is 2.28. The fourth-order valence-electron chi connectivity index (χ4n) is 4.20. The van der Waals surface area contributed by atoms with Crippen LogP contribution in [0.25, 0.3) is 11.3 Å². The predicted molar refractivity (Wildman–Crippen MR) is 127 cm³/mol. The molecule has 0 radical (unpaired) electrons. The lowest BCUT2D eigenvalue weighted by Gasteiger charge is -2.39. The number of ether oxygens (including phenoxy) is 3. The molecule has 3 aromatic rings. The van der Waals surface area contributed by atoms with Crippen LogP contribution in [0.2, 0.25) is 0 Å². The van der Waals surface area contributed by atoms with Crippen molar-refractivity contribution in [3.8, 4) is 23.1 Å². The topological polar surface area (TPSA) is 93.4 Å². The number of anilines is 1. The number of methoxy groups -OCH3 is 1. The first-order valence-corrected chi connectivity index (χ1v) is 11.6. The normalized spacial score (nSPS) is 16.6. The number of aromatic nitrogens is 3. The van der Waals surface area contributed by atoms with Gasteiger partial charge >= 0.3 is 0 Å². The van der Waals surface area contributed by atoms with E-state index in [1.807, 2.05) is 36.5 Å². The molecule has 2 fully saturated rings. The van der Waals surface area contributed by atoms with Gasteiger partial charge in [-0.25, -0.2) is 15.0 Å². The van der Waals surface area contributed by atoms with E-state index in [1.165, 1.54) is 0 Å². The van der Waals surface area contributed by atoms with Crippen molar-refractivity contribution in [2.24, 2.45) is 0 Å². The van der Waals surface area contributed by atoms with Gasteiger partial charge in [0, 0.05) is 57.4 Å². The lowest BCUT2D eigenvalue weighted by Crippen LogP contribution is -2.52. The second-order valence-electron chi connectivity index (χ2n) is 8.57. The van der Waals surface area contributed by atoms with E-state index in [1.54, 1.807) is 13.3 Å². The van der Waals surface area contributed by atoms with Gasteiger partial charge in [-0.3, -0.25) is 0 Å². The zero-order valence-electron chi connectivity index (χ0n) is 19.2. The number of hydrogen-bond donors (Lipinski definition) is 0. The van der Waals surface area contributed by atoms with Gasteiger partial charge in [0.25, 0.3) is 0 Å². The predicted octanol–water partition coefficient (Wildman–Crippen LogP) is 3.39. The maximum Gasteiger partial charge on any atom is 0.137 e. The van der Waals surface area contributed by atoms with Crippen molar-refractivity contribution in [3.05, 3.63) is 65.7 Å². The van der Waals surface area contributed by atoms with E-state index in [0.29, 0.717) is 36.8 Å². The van der Waals surface area contributed by atoms with Crippen LogP contribution in [-0.2, 0) is 15.9 Å². The fourth-order valence-corrected chi connectivity index (χ4v) is 4.20. The molecule has 0 unspecified atom stereocenters. The van der Waals surface area contributed by atoms with Crippen molar-refractivity contribution in [1.82, 2.24) is 15.0 Å². The van der Waals surface area contributed by atoms with Gasteiger partial charge in [-0.15, -0.1) is 0 Å². The number of rotatable bonds is 7. The summed E-state index contributed by atoms with van der Waals surface area (Å²) >= 11 is 0. The third kappa shape index (κ3) is 5.01. The first-order chi connectivity index (χ1) is 16.7. The molecular formula is C26H27N5O3. The lowest BCUT2D eigenvalue weighted by atomic mass is 10.1. The molecule has 2 saturated heterocycles. The van der Waals surface area contributed by atoms with Crippen LogP contribution in [0.5, 0.6) is 5.75 Å². The fraction of sp³-hybridized carbons (Fsp3) is 0.385. The van der Waals surface area contributed by atoms with E-state index in [9.17, 15) is 5.26 Å². The molecule has 0 amide bonds. The Kier molecular flexibility index (Phi) is 6.65. The summed E-state index contributed by atoms with van der Waals surface area (Å²) < 4.78 is 16.8. The molecule has 2 aromatic heterocycles. The van der Waals surface area contributed by atoms with Gasteiger partial charge in [-0.2, -0.15) is 5.26 Å². The molecule has 0 aliphatic carbocycles.